The van der Waals surface area contributed by atoms with Crippen LogP contribution >= 0.6 is 11.6 Å². The van der Waals surface area contributed by atoms with Crippen molar-refractivity contribution < 1.29 is 17.6 Å². The van der Waals surface area contributed by atoms with Crippen molar-refractivity contribution in [3.8, 4) is 17.1 Å². The molecule has 0 fully saturated rings. The van der Waals surface area contributed by atoms with E-state index in [0.717, 1.165) is 11.3 Å². The maximum atomic E-state index is 13.3. The van der Waals surface area contributed by atoms with Crippen LogP contribution in [0.25, 0.3) is 22.3 Å². The Bertz CT molecular complexity index is 1610. The zero-order valence-corrected chi connectivity index (χ0v) is 20.8. The SMILES string of the molecule is Cc1cc([C@@H](C)Oc2ccc(Cl)nc2S(N)(=O)=O)c2oc(-c3cnn(C)c3C)c(C)c(=O)c2c1. The number of pyridine rings is 1. The van der Waals surface area contributed by atoms with E-state index in [9.17, 15) is 13.2 Å². The zero-order chi connectivity index (χ0) is 24.9. The van der Waals surface area contributed by atoms with Crippen molar-refractivity contribution >= 4 is 32.6 Å². The number of ether oxygens (including phenoxy) is 1. The Morgan fingerprint density at radius 2 is 1.91 bits per heavy atom. The van der Waals surface area contributed by atoms with E-state index in [-0.39, 0.29) is 16.3 Å². The van der Waals surface area contributed by atoms with Gasteiger partial charge in [-0.05, 0) is 57.5 Å². The number of rotatable bonds is 5. The average molecular weight is 503 g/mol. The molecule has 0 aliphatic rings. The number of nitrogens with zero attached hydrogens (tertiary/aromatic N) is 3. The first-order valence-corrected chi connectivity index (χ1v) is 12.2. The molecule has 34 heavy (non-hydrogen) atoms. The monoisotopic (exact) mass is 502 g/mol. The summed E-state index contributed by atoms with van der Waals surface area (Å²) in [6.45, 7) is 7.16. The minimum absolute atomic E-state index is 0.0389. The Hall–Kier alpha value is -3.21. The van der Waals surface area contributed by atoms with Crippen LogP contribution in [0.4, 0.5) is 0 Å². The molecule has 0 aliphatic heterocycles. The van der Waals surface area contributed by atoms with Gasteiger partial charge < -0.3 is 9.15 Å². The van der Waals surface area contributed by atoms with E-state index in [1.165, 1.54) is 12.1 Å². The summed E-state index contributed by atoms with van der Waals surface area (Å²) in [6.07, 6.45) is 0.928. The molecule has 9 nitrogen and oxygen atoms in total. The van der Waals surface area contributed by atoms with E-state index >= 15 is 0 Å². The van der Waals surface area contributed by atoms with E-state index in [4.69, 9.17) is 25.9 Å². The molecule has 0 amide bonds. The van der Waals surface area contributed by atoms with Crippen molar-refractivity contribution in [1.82, 2.24) is 14.8 Å². The minimum atomic E-state index is -4.20. The van der Waals surface area contributed by atoms with Gasteiger partial charge in [0.15, 0.2) is 11.2 Å². The van der Waals surface area contributed by atoms with Crippen LogP contribution in [0.1, 0.15) is 35.4 Å². The maximum absolute atomic E-state index is 13.3. The van der Waals surface area contributed by atoms with Crippen LogP contribution in [-0.4, -0.2) is 23.2 Å². The van der Waals surface area contributed by atoms with Gasteiger partial charge in [0.05, 0.1) is 17.1 Å². The largest absolute Gasteiger partial charge is 0.483 e. The molecule has 1 atom stereocenters. The van der Waals surface area contributed by atoms with E-state index in [0.29, 0.717) is 33.4 Å². The van der Waals surface area contributed by atoms with Crippen LogP contribution in [0.15, 0.2) is 44.7 Å². The zero-order valence-electron chi connectivity index (χ0n) is 19.2. The fraction of sp³-hybridized carbons (Fsp3) is 0.261. The Morgan fingerprint density at radius 3 is 2.53 bits per heavy atom. The van der Waals surface area contributed by atoms with Crippen molar-refractivity contribution in [3.05, 3.63) is 68.2 Å². The second kappa shape index (κ2) is 8.53. The van der Waals surface area contributed by atoms with Crippen molar-refractivity contribution in [2.75, 3.05) is 0 Å². The summed E-state index contributed by atoms with van der Waals surface area (Å²) in [5.74, 6) is 0.352. The molecule has 0 bridgehead atoms. The van der Waals surface area contributed by atoms with Crippen molar-refractivity contribution in [2.24, 2.45) is 12.2 Å². The first kappa shape index (κ1) is 23.9. The highest BCUT2D eigenvalue weighted by molar-refractivity contribution is 7.89. The van der Waals surface area contributed by atoms with Gasteiger partial charge in [-0.15, -0.1) is 0 Å². The number of nitrogens with two attached hydrogens (primary N) is 1. The van der Waals surface area contributed by atoms with Crippen LogP contribution in [0.3, 0.4) is 0 Å². The fourth-order valence-corrected chi connectivity index (χ4v) is 4.62. The van der Waals surface area contributed by atoms with Gasteiger partial charge in [-0.25, -0.2) is 18.5 Å². The number of fused-ring (bicyclic) bond motifs is 1. The standard InChI is InChI=1S/C23H23ClN4O5S/c1-11-8-15(14(4)32-18-6-7-19(24)27-23(18)34(25,30)31)22-16(9-11)20(29)12(2)21(33-22)17-10-26-28(5)13(17)3/h6-10,14H,1-5H3,(H2,25,30,31)/t14-/m1/s1. The van der Waals surface area contributed by atoms with Crippen LogP contribution in [0.5, 0.6) is 5.75 Å². The molecule has 3 heterocycles. The van der Waals surface area contributed by atoms with Gasteiger partial charge in [-0.3, -0.25) is 9.48 Å². The molecule has 0 saturated carbocycles. The number of sulfonamides is 1. The lowest BCUT2D eigenvalue weighted by molar-refractivity contribution is 0.219. The number of hydrogen-bond acceptors (Lipinski definition) is 7. The van der Waals surface area contributed by atoms with Crippen LogP contribution in [0, 0.1) is 20.8 Å². The fourth-order valence-electron chi connectivity index (χ4n) is 3.80. The van der Waals surface area contributed by atoms with E-state index in [1.54, 1.807) is 37.8 Å². The summed E-state index contributed by atoms with van der Waals surface area (Å²) in [4.78, 5) is 17.1. The van der Waals surface area contributed by atoms with Crippen molar-refractivity contribution in [2.45, 2.75) is 38.8 Å². The maximum Gasteiger partial charge on any atom is 0.259 e. The number of benzene rings is 1. The third-order valence-corrected chi connectivity index (χ3v) is 6.72. The van der Waals surface area contributed by atoms with Gasteiger partial charge in [0, 0.05) is 23.9 Å². The number of hydrogen-bond donors (Lipinski definition) is 1. The van der Waals surface area contributed by atoms with E-state index in [2.05, 4.69) is 10.1 Å². The van der Waals surface area contributed by atoms with Crippen LogP contribution < -0.4 is 15.3 Å². The quantitative estimate of drug-likeness (QED) is 0.409. The highest BCUT2D eigenvalue weighted by Crippen LogP contribution is 2.34. The molecule has 1 aromatic carbocycles. The summed E-state index contributed by atoms with van der Waals surface area (Å²) in [7, 11) is -2.39. The molecule has 0 unspecified atom stereocenters. The number of halogens is 1. The topological polar surface area (TPSA) is 130 Å². The first-order chi connectivity index (χ1) is 15.9. The molecule has 4 rings (SSSR count). The Labute approximate surface area is 201 Å². The van der Waals surface area contributed by atoms with Gasteiger partial charge >= 0.3 is 0 Å². The second-order valence-corrected chi connectivity index (χ2v) is 9.99. The lowest BCUT2D eigenvalue weighted by Gasteiger charge is -2.19. The molecule has 11 heteroatoms. The van der Waals surface area contributed by atoms with Gasteiger partial charge in [0.25, 0.3) is 10.0 Å². The third kappa shape index (κ3) is 4.20. The average Bonchev–Trinajstić information content (AvgIpc) is 3.09. The minimum Gasteiger partial charge on any atom is -0.483 e. The van der Waals surface area contributed by atoms with E-state index in [1.807, 2.05) is 19.9 Å². The molecule has 3 aromatic heterocycles. The molecular weight excluding hydrogens is 480 g/mol. The van der Waals surface area contributed by atoms with Crippen LogP contribution in [-0.2, 0) is 17.1 Å². The molecule has 0 spiro atoms. The van der Waals surface area contributed by atoms with Gasteiger partial charge in [-0.2, -0.15) is 5.10 Å². The normalized spacial score (nSPS) is 12.8. The lowest BCUT2D eigenvalue weighted by Crippen LogP contribution is -2.17. The van der Waals surface area contributed by atoms with Crippen molar-refractivity contribution in [3.63, 3.8) is 0 Å². The summed E-state index contributed by atoms with van der Waals surface area (Å²) < 4.78 is 38.0. The predicted octanol–water partition coefficient (Wildman–Crippen LogP) is 3.95. The Balaban J connectivity index is 1.91. The van der Waals surface area contributed by atoms with Gasteiger partial charge in [0.2, 0.25) is 5.03 Å². The third-order valence-electron chi connectivity index (χ3n) is 5.67. The summed E-state index contributed by atoms with van der Waals surface area (Å²) >= 11 is 5.85. The smallest absolute Gasteiger partial charge is 0.259 e. The van der Waals surface area contributed by atoms with Crippen molar-refractivity contribution in [1.29, 1.82) is 0 Å². The van der Waals surface area contributed by atoms with E-state index < -0.39 is 21.2 Å². The molecule has 178 valence electrons. The molecule has 2 N–H and O–H groups in total. The number of aryl methyl sites for hydroxylation is 2. The Morgan fingerprint density at radius 1 is 1.21 bits per heavy atom. The lowest BCUT2D eigenvalue weighted by atomic mass is 10.00. The molecule has 0 aliphatic carbocycles. The summed E-state index contributed by atoms with van der Waals surface area (Å²) in [5, 5.41) is 9.43. The first-order valence-electron chi connectivity index (χ1n) is 10.3. The highest BCUT2D eigenvalue weighted by atomic mass is 35.5. The number of aromatic nitrogens is 3. The van der Waals surface area contributed by atoms with Gasteiger partial charge in [0.1, 0.15) is 22.6 Å². The predicted molar refractivity (Wildman–Crippen MR) is 129 cm³/mol. The highest BCUT2D eigenvalue weighted by Gasteiger charge is 2.24. The molecular formula is C23H23ClN4O5S. The summed E-state index contributed by atoms with van der Waals surface area (Å²) in [6, 6.07) is 6.36. The molecule has 0 saturated heterocycles. The molecule has 4 aromatic rings. The van der Waals surface area contributed by atoms with Gasteiger partial charge in [-0.1, -0.05) is 11.6 Å². The number of primary sulfonamides is 1. The summed E-state index contributed by atoms with van der Waals surface area (Å²) in [5.41, 5.74) is 3.56. The molecule has 0 radical (unpaired) electrons. The Kier molecular flexibility index (Phi) is 6.01. The van der Waals surface area contributed by atoms with Crippen LogP contribution in [0.2, 0.25) is 5.15 Å². The second-order valence-electron chi connectivity index (χ2n) is 8.13.